The second kappa shape index (κ2) is 6.80. The Kier molecular flexibility index (Phi) is 5.38. The molecule has 0 heterocycles. The number of aromatic hydroxyl groups is 1. The van der Waals surface area contributed by atoms with E-state index in [1.165, 1.54) is 30.8 Å². The molecule has 0 aliphatic carbocycles. The fourth-order valence-corrected chi connectivity index (χ4v) is 1.82. The van der Waals surface area contributed by atoms with Crippen molar-refractivity contribution in [3.63, 3.8) is 0 Å². The molecule has 0 unspecified atom stereocenters. The van der Waals surface area contributed by atoms with Crippen molar-refractivity contribution in [1.82, 2.24) is 0 Å². The van der Waals surface area contributed by atoms with E-state index in [1.54, 1.807) is 12.1 Å². The molecule has 0 spiro atoms. The third-order valence-corrected chi connectivity index (χ3v) is 2.94. The fourth-order valence-electron chi connectivity index (χ4n) is 1.28. The van der Waals surface area contributed by atoms with E-state index >= 15 is 0 Å². The van der Waals surface area contributed by atoms with Crippen molar-refractivity contribution in [2.45, 2.75) is 13.3 Å². The Bertz CT molecular complexity index is 485. The third-order valence-electron chi connectivity index (χ3n) is 2.10. The first-order valence-corrected chi connectivity index (χ1v) is 6.26. The van der Waals surface area contributed by atoms with Crippen LogP contribution >= 0.6 is 11.8 Å². The molecule has 0 radical (unpaired) electrons. The fraction of sp³-hybridized carbons (Fsp3) is 0.250. The van der Waals surface area contributed by atoms with Gasteiger partial charge in [0.15, 0.2) is 10.9 Å². The number of hydrogen-bond acceptors (Lipinski definition) is 5. The van der Waals surface area contributed by atoms with Gasteiger partial charge in [-0.1, -0.05) is 30.0 Å². The molecular weight excluding hydrogens is 254 g/mol. The minimum absolute atomic E-state index is 0.0728. The van der Waals surface area contributed by atoms with Crippen LogP contribution in [0.3, 0.4) is 0 Å². The predicted molar refractivity (Wildman–Crippen MR) is 71.6 cm³/mol. The number of thioether (sulfide) groups is 1. The van der Waals surface area contributed by atoms with Crippen molar-refractivity contribution in [1.29, 1.82) is 0 Å². The average Bonchev–Trinajstić information content (AvgIpc) is 2.30. The largest absolute Gasteiger partial charge is 0.502 e. The van der Waals surface area contributed by atoms with Gasteiger partial charge < -0.3 is 5.11 Å². The van der Waals surface area contributed by atoms with E-state index in [0.29, 0.717) is 17.7 Å². The van der Waals surface area contributed by atoms with E-state index in [0.717, 1.165) is 0 Å². The van der Waals surface area contributed by atoms with Crippen LogP contribution in [0.4, 0.5) is 5.69 Å². The molecule has 0 aromatic heterocycles. The maximum Gasteiger partial charge on any atom is 0.311 e. The molecule has 18 heavy (non-hydrogen) atoms. The van der Waals surface area contributed by atoms with Gasteiger partial charge in [0.2, 0.25) is 0 Å². The Morgan fingerprint density at radius 1 is 1.56 bits per heavy atom. The van der Waals surface area contributed by atoms with Crippen LogP contribution in [0.25, 0.3) is 6.08 Å². The Hall–Kier alpha value is -1.82. The van der Waals surface area contributed by atoms with Crippen LogP contribution in [0.2, 0.25) is 0 Å². The SMILES string of the molecule is CC(=O)SCCC=Cc1ccc(O)c([N+](=O)[O-])c1. The van der Waals surface area contributed by atoms with E-state index in [9.17, 15) is 20.0 Å². The van der Waals surface area contributed by atoms with Crippen LogP contribution in [-0.2, 0) is 4.79 Å². The molecule has 0 amide bonds. The van der Waals surface area contributed by atoms with Gasteiger partial charge in [-0.25, -0.2) is 0 Å². The molecule has 0 atom stereocenters. The number of phenolic OH excluding ortho intramolecular Hbond substituents is 1. The first kappa shape index (κ1) is 14.2. The number of carbonyl (C=O) groups excluding carboxylic acids is 1. The van der Waals surface area contributed by atoms with Crippen molar-refractivity contribution in [3.8, 4) is 5.75 Å². The van der Waals surface area contributed by atoms with Gasteiger partial charge in [-0.3, -0.25) is 14.9 Å². The lowest BCUT2D eigenvalue weighted by molar-refractivity contribution is -0.385. The van der Waals surface area contributed by atoms with Gasteiger partial charge in [-0.05, 0) is 18.1 Å². The highest BCUT2D eigenvalue weighted by molar-refractivity contribution is 8.13. The number of carbonyl (C=O) groups is 1. The summed E-state index contributed by atoms with van der Waals surface area (Å²) in [5.74, 6) is 0.343. The summed E-state index contributed by atoms with van der Waals surface area (Å²) in [6, 6.07) is 4.20. The number of phenols is 1. The monoisotopic (exact) mass is 267 g/mol. The molecule has 0 bridgehead atoms. The predicted octanol–water partition coefficient (Wildman–Crippen LogP) is 2.98. The maximum atomic E-state index is 10.7. The minimum Gasteiger partial charge on any atom is -0.502 e. The Morgan fingerprint density at radius 2 is 2.28 bits per heavy atom. The molecule has 6 heteroatoms. The molecule has 0 aliphatic heterocycles. The summed E-state index contributed by atoms with van der Waals surface area (Å²) in [5, 5.41) is 19.9. The van der Waals surface area contributed by atoms with Crippen LogP contribution in [0.15, 0.2) is 24.3 Å². The van der Waals surface area contributed by atoms with Crippen molar-refractivity contribution in [3.05, 3.63) is 40.0 Å². The molecule has 0 saturated carbocycles. The topological polar surface area (TPSA) is 80.4 Å². The summed E-state index contributed by atoms with van der Waals surface area (Å²) >= 11 is 1.24. The second-order valence-corrected chi connectivity index (χ2v) is 4.81. The Labute approximate surface area is 109 Å². The van der Waals surface area contributed by atoms with Crippen LogP contribution in [-0.4, -0.2) is 20.9 Å². The molecule has 1 rings (SSSR count). The first-order valence-electron chi connectivity index (χ1n) is 5.28. The van der Waals surface area contributed by atoms with Gasteiger partial charge in [0.05, 0.1) is 4.92 Å². The van der Waals surface area contributed by atoms with Gasteiger partial charge in [0.1, 0.15) is 0 Å². The number of nitrogens with zero attached hydrogens (tertiary/aromatic N) is 1. The van der Waals surface area contributed by atoms with Crippen LogP contribution in [0.1, 0.15) is 18.9 Å². The molecule has 0 saturated heterocycles. The Morgan fingerprint density at radius 3 is 2.89 bits per heavy atom. The van der Waals surface area contributed by atoms with Gasteiger partial charge in [-0.2, -0.15) is 0 Å². The summed E-state index contributed by atoms with van der Waals surface area (Å²) < 4.78 is 0. The van der Waals surface area contributed by atoms with Crippen molar-refractivity contribution >= 4 is 28.6 Å². The number of rotatable bonds is 5. The van der Waals surface area contributed by atoms with Crippen molar-refractivity contribution < 1.29 is 14.8 Å². The van der Waals surface area contributed by atoms with Crippen LogP contribution in [0.5, 0.6) is 5.75 Å². The molecule has 1 aromatic carbocycles. The lowest BCUT2D eigenvalue weighted by atomic mass is 10.1. The summed E-state index contributed by atoms with van der Waals surface area (Å²) in [7, 11) is 0. The molecule has 0 aliphatic rings. The van der Waals surface area contributed by atoms with Crippen LogP contribution in [0, 0.1) is 10.1 Å². The maximum absolute atomic E-state index is 10.7. The second-order valence-electron chi connectivity index (χ2n) is 3.54. The number of hydrogen-bond donors (Lipinski definition) is 1. The van der Waals surface area contributed by atoms with E-state index < -0.39 is 4.92 Å². The van der Waals surface area contributed by atoms with E-state index in [2.05, 4.69) is 0 Å². The Balaban J connectivity index is 2.62. The summed E-state index contributed by atoms with van der Waals surface area (Å²) in [5.41, 5.74) is 0.336. The average molecular weight is 267 g/mol. The highest BCUT2D eigenvalue weighted by Crippen LogP contribution is 2.26. The van der Waals surface area contributed by atoms with E-state index in [4.69, 9.17) is 0 Å². The first-order chi connectivity index (χ1) is 8.50. The molecule has 1 N–H and O–H groups in total. The summed E-state index contributed by atoms with van der Waals surface area (Å²) in [6.45, 7) is 1.51. The minimum atomic E-state index is -0.627. The standard InChI is InChI=1S/C12H13NO4S/c1-9(14)18-7-3-2-4-10-5-6-12(15)11(8-10)13(16)17/h2,4-6,8,15H,3,7H2,1H3. The van der Waals surface area contributed by atoms with Crippen molar-refractivity contribution in [2.24, 2.45) is 0 Å². The molecule has 5 nitrogen and oxygen atoms in total. The van der Waals surface area contributed by atoms with Crippen molar-refractivity contribution in [2.75, 3.05) is 5.75 Å². The van der Waals surface area contributed by atoms with E-state index in [-0.39, 0.29) is 16.6 Å². The zero-order valence-corrected chi connectivity index (χ0v) is 10.6. The van der Waals surface area contributed by atoms with Gasteiger partial charge in [-0.15, -0.1) is 0 Å². The van der Waals surface area contributed by atoms with Gasteiger partial charge >= 0.3 is 5.69 Å². The number of nitro benzene ring substituents is 1. The molecule has 1 aromatic rings. The lowest BCUT2D eigenvalue weighted by Crippen LogP contribution is -1.89. The third kappa shape index (κ3) is 4.58. The lowest BCUT2D eigenvalue weighted by Gasteiger charge is -1.97. The van der Waals surface area contributed by atoms with E-state index in [1.807, 2.05) is 6.08 Å². The van der Waals surface area contributed by atoms with Gasteiger partial charge in [0.25, 0.3) is 0 Å². The zero-order chi connectivity index (χ0) is 13.5. The molecule has 0 fully saturated rings. The highest BCUT2D eigenvalue weighted by Gasteiger charge is 2.12. The highest BCUT2D eigenvalue weighted by atomic mass is 32.2. The van der Waals surface area contributed by atoms with Gasteiger partial charge in [0, 0.05) is 18.7 Å². The van der Waals surface area contributed by atoms with Crippen LogP contribution < -0.4 is 0 Å². The molecular formula is C12H13NO4S. The molecule has 96 valence electrons. The quantitative estimate of drug-likeness (QED) is 0.504. The normalized spacial score (nSPS) is 10.7. The summed E-state index contributed by atoms with van der Waals surface area (Å²) in [4.78, 5) is 20.6. The number of nitro groups is 1. The zero-order valence-electron chi connectivity index (χ0n) is 9.83. The smallest absolute Gasteiger partial charge is 0.311 e. The summed E-state index contributed by atoms with van der Waals surface area (Å²) in [6.07, 6.45) is 4.28. The number of benzene rings is 1. The number of allylic oxidation sites excluding steroid dienone is 1.